The lowest BCUT2D eigenvalue weighted by Crippen LogP contribution is -2.55. The lowest BCUT2D eigenvalue weighted by Gasteiger charge is -2.38. The predicted molar refractivity (Wildman–Crippen MR) is 79.9 cm³/mol. The van der Waals surface area contributed by atoms with E-state index in [9.17, 15) is 14.7 Å². The fourth-order valence-electron chi connectivity index (χ4n) is 3.25. The molecule has 0 aromatic rings. The zero-order valence-electron chi connectivity index (χ0n) is 14.0. The second kappa shape index (κ2) is 4.26. The molecule has 2 rings (SSSR count). The molecule has 1 heterocycles. The van der Waals surface area contributed by atoms with Crippen LogP contribution in [0.1, 0.15) is 54.9 Å². The normalized spacial score (nSPS) is 36.1. The summed E-state index contributed by atoms with van der Waals surface area (Å²) < 4.78 is 5.84. The van der Waals surface area contributed by atoms with Gasteiger partial charge in [-0.25, -0.2) is 0 Å². The molecule has 0 spiro atoms. The van der Waals surface area contributed by atoms with Gasteiger partial charge in [-0.2, -0.15) is 0 Å². The van der Waals surface area contributed by atoms with E-state index in [4.69, 9.17) is 4.74 Å². The number of ether oxygens (including phenoxy) is 1. The van der Waals surface area contributed by atoms with Crippen molar-refractivity contribution in [3.63, 3.8) is 0 Å². The van der Waals surface area contributed by atoms with E-state index in [-0.39, 0.29) is 23.4 Å². The first-order chi connectivity index (χ1) is 9.26. The third-order valence-electron chi connectivity index (χ3n) is 4.57. The highest BCUT2D eigenvalue weighted by Crippen LogP contribution is 2.60. The first-order valence-electron chi connectivity index (χ1n) is 7.43. The second-order valence-corrected chi connectivity index (χ2v) is 8.48. The number of carbonyl (C=O) groups excluding carboxylic acids is 2. The molecule has 118 valence electrons. The van der Waals surface area contributed by atoms with Crippen LogP contribution in [0, 0.1) is 10.8 Å². The quantitative estimate of drug-likeness (QED) is 0.794. The lowest BCUT2D eigenvalue weighted by molar-refractivity contribution is -0.142. The van der Waals surface area contributed by atoms with E-state index in [2.05, 4.69) is 0 Å². The molecule has 1 aliphatic heterocycles. The van der Waals surface area contributed by atoms with Crippen molar-refractivity contribution in [1.82, 2.24) is 0 Å². The summed E-state index contributed by atoms with van der Waals surface area (Å²) in [6, 6.07) is 0. The number of carbonyl (C=O) groups is 2. The van der Waals surface area contributed by atoms with Crippen LogP contribution in [0.5, 0.6) is 0 Å². The Labute approximate surface area is 126 Å². The van der Waals surface area contributed by atoms with Crippen LogP contribution in [0.3, 0.4) is 0 Å². The van der Waals surface area contributed by atoms with Crippen molar-refractivity contribution in [2.24, 2.45) is 10.8 Å². The number of Topliss-reactive ketones (excluding diaryl/α,β-unsaturated/α-hetero) is 2. The topological polar surface area (TPSA) is 66.9 Å². The van der Waals surface area contributed by atoms with E-state index in [1.54, 1.807) is 0 Å². The number of ketones is 2. The van der Waals surface area contributed by atoms with E-state index in [0.717, 1.165) is 0 Å². The molecule has 1 fully saturated rings. The summed E-state index contributed by atoms with van der Waals surface area (Å²) in [6.07, 6.45) is 1.06. The van der Waals surface area contributed by atoms with Crippen molar-refractivity contribution in [3.8, 4) is 0 Å². The van der Waals surface area contributed by atoms with Gasteiger partial charge in [-0.1, -0.05) is 41.5 Å². The van der Waals surface area contributed by atoms with Crippen molar-refractivity contribution < 1.29 is 19.4 Å². The maximum Gasteiger partial charge on any atom is 0.193 e. The van der Waals surface area contributed by atoms with E-state index in [1.807, 2.05) is 47.6 Å². The van der Waals surface area contributed by atoms with Gasteiger partial charge < -0.3 is 9.84 Å². The van der Waals surface area contributed by atoms with Crippen LogP contribution in [0.15, 0.2) is 11.6 Å². The van der Waals surface area contributed by atoms with Gasteiger partial charge in [0.15, 0.2) is 11.4 Å². The molecule has 21 heavy (non-hydrogen) atoms. The molecule has 0 aromatic carbocycles. The number of hydrogen-bond donors (Lipinski definition) is 1. The molecule has 1 saturated heterocycles. The van der Waals surface area contributed by atoms with Gasteiger partial charge in [-0.3, -0.25) is 9.59 Å². The minimum absolute atomic E-state index is 0.193. The standard InChI is InChI=1S/C17H26O4/c1-10(18)8-16(20)12(19)11(14(2,3)4)9-17(13(16)21-17)15(5,6)7/h9,13,20H,8H2,1-7H3/t13-,16-,17+/m1/s1. The molecule has 0 bridgehead atoms. The maximum absolute atomic E-state index is 12.8. The van der Waals surface area contributed by atoms with Crippen LogP contribution in [0.25, 0.3) is 0 Å². The Morgan fingerprint density at radius 2 is 1.81 bits per heavy atom. The Hall–Kier alpha value is -1.00. The van der Waals surface area contributed by atoms with E-state index in [1.165, 1.54) is 6.92 Å². The predicted octanol–water partition coefficient (Wildman–Crippen LogP) is 2.44. The fraction of sp³-hybridized carbons (Fsp3) is 0.765. The van der Waals surface area contributed by atoms with Crippen LogP contribution < -0.4 is 0 Å². The molecule has 0 radical (unpaired) electrons. The van der Waals surface area contributed by atoms with Crippen LogP contribution >= 0.6 is 0 Å². The van der Waals surface area contributed by atoms with Gasteiger partial charge in [0.2, 0.25) is 0 Å². The Bertz CT molecular complexity index is 532. The highest BCUT2D eigenvalue weighted by molar-refractivity contribution is 6.07. The largest absolute Gasteiger partial charge is 0.378 e. The summed E-state index contributed by atoms with van der Waals surface area (Å²) in [5.74, 6) is -0.577. The smallest absolute Gasteiger partial charge is 0.193 e. The third kappa shape index (κ3) is 2.29. The summed E-state index contributed by atoms with van der Waals surface area (Å²) in [6.45, 7) is 13.3. The number of hydrogen-bond acceptors (Lipinski definition) is 4. The van der Waals surface area contributed by atoms with Gasteiger partial charge in [-0.15, -0.1) is 0 Å². The van der Waals surface area contributed by atoms with Crippen LogP contribution in [0.2, 0.25) is 0 Å². The van der Waals surface area contributed by atoms with Crippen molar-refractivity contribution in [1.29, 1.82) is 0 Å². The summed E-state index contributed by atoms with van der Waals surface area (Å²) in [7, 11) is 0. The molecule has 0 unspecified atom stereocenters. The Balaban J connectivity index is 2.59. The molecule has 1 aliphatic carbocycles. The molecular weight excluding hydrogens is 268 g/mol. The molecule has 4 nitrogen and oxygen atoms in total. The second-order valence-electron chi connectivity index (χ2n) is 8.48. The summed E-state index contributed by atoms with van der Waals surface area (Å²) in [5.41, 5.74) is -2.53. The molecule has 2 aliphatic rings. The maximum atomic E-state index is 12.8. The van der Waals surface area contributed by atoms with Crippen molar-refractivity contribution >= 4 is 11.6 Å². The van der Waals surface area contributed by atoms with Gasteiger partial charge in [-0.05, 0) is 23.8 Å². The molecule has 0 amide bonds. The zero-order chi connectivity index (χ0) is 16.4. The SMILES string of the molecule is CC(=O)C[C@@]1(O)C(=O)C(C(C)(C)C)=C[C@]2(C(C)(C)C)O[C@H]12. The van der Waals surface area contributed by atoms with Gasteiger partial charge >= 0.3 is 0 Å². The number of aliphatic hydroxyl groups is 1. The number of epoxide rings is 1. The first-order valence-corrected chi connectivity index (χ1v) is 7.43. The molecule has 3 atom stereocenters. The van der Waals surface area contributed by atoms with Gasteiger partial charge in [0.25, 0.3) is 0 Å². The summed E-state index contributed by atoms with van der Waals surface area (Å²) >= 11 is 0. The minimum atomic E-state index is -1.74. The van der Waals surface area contributed by atoms with E-state index >= 15 is 0 Å². The number of fused-ring (bicyclic) bond motifs is 1. The van der Waals surface area contributed by atoms with Gasteiger partial charge in [0.1, 0.15) is 17.5 Å². The molecule has 4 heteroatoms. The third-order valence-corrected chi connectivity index (χ3v) is 4.57. The molecule has 1 N–H and O–H groups in total. The Morgan fingerprint density at radius 3 is 2.19 bits per heavy atom. The van der Waals surface area contributed by atoms with E-state index in [0.29, 0.717) is 5.57 Å². The van der Waals surface area contributed by atoms with Gasteiger partial charge in [0, 0.05) is 12.0 Å². The highest BCUT2D eigenvalue weighted by Gasteiger charge is 2.74. The molecular formula is C17H26O4. The zero-order valence-corrected chi connectivity index (χ0v) is 14.0. The van der Waals surface area contributed by atoms with Crippen LogP contribution in [-0.2, 0) is 14.3 Å². The monoisotopic (exact) mass is 294 g/mol. The van der Waals surface area contributed by atoms with Crippen molar-refractivity contribution in [2.75, 3.05) is 0 Å². The van der Waals surface area contributed by atoms with Crippen LogP contribution in [-0.4, -0.2) is 34.0 Å². The highest BCUT2D eigenvalue weighted by atomic mass is 16.6. The lowest BCUT2D eigenvalue weighted by atomic mass is 9.63. The minimum Gasteiger partial charge on any atom is -0.378 e. The van der Waals surface area contributed by atoms with Gasteiger partial charge in [0.05, 0.1) is 0 Å². The van der Waals surface area contributed by atoms with Crippen LogP contribution in [0.4, 0.5) is 0 Å². The summed E-state index contributed by atoms with van der Waals surface area (Å²) in [5, 5.41) is 10.9. The average Bonchev–Trinajstić information content (AvgIpc) is 2.97. The number of rotatable bonds is 2. The fourth-order valence-corrected chi connectivity index (χ4v) is 3.25. The molecule has 0 aromatic heterocycles. The average molecular weight is 294 g/mol. The van der Waals surface area contributed by atoms with E-state index < -0.39 is 22.7 Å². The Morgan fingerprint density at radius 1 is 1.29 bits per heavy atom. The first kappa shape index (κ1) is 16.4. The Kier molecular flexibility index (Phi) is 3.32. The molecule has 0 saturated carbocycles. The summed E-state index contributed by atoms with van der Waals surface area (Å²) in [4.78, 5) is 24.3. The van der Waals surface area contributed by atoms with Crippen molar-refractivity contribution in [3.05, 3.63) is 11.6 Å². The van der Waals surface area contributed by atoms with Crippen molar-refractivity contribution in [2.45, 2.75) is 72.2 Å².